The van der Waals surface area contributed by atoms with Crippen LogP contribution in [0.25, 0.3) is 5.69 Å². The first-order chi connectivity index (χ1) is 10.6. The highest BCUT2D eigenvalue weighted by Gasteiger charge is 2.25. The number of rotatable bonds is 3. The van der Waals surface area contributed by atoms with Crippen molar-refractivity contribution in [2.75, 3.05) is 7.05 Å². The lowest BCUT2D eigenvalue weighted by Gasteiger charge is -2.33. The molecule has 0 N–H and O–H groups in total. The monoisotopic (exact) mass is 297 g/mol. The van der Waals surface area contributed by atoms with Crippen LogP contribution in [0, 0.1) is 5.92 Å². The van der Waals surface area contributed by atoms with E-state index < -0.39 is 0 Å². The molecule has 0 spiro atoms. The van der Waals surface area contributed by atoms with Crippen LogP contribution in [0.5, 0.6) is 0 Å². The van der Waals surface area contributed by atoms with E-state index in [0.717, 1.165) is 30.0 Å². The second kappa shape index (κ2) is 6.34. The maximum Gasteiger partial charge on any atom is 0.253 e. The fourth-order valence-corrected chi connectivity index (χ4v) is 3.18. The van der Waals surface area contributed by atoms with Crippen molar-refractivity contribution < 1.29 is 4.79 Å². The minimum Gasteiger partial charge on any atom is -0.339 e. The summed E-state index contributed by atoms with van der Waals surface area (Å²) in [5.74, 6) is 0.916. The van der Waals surface area contributed by atoms with Crippen molar-refractivity contribution in [3.05, 3.63) is 48.3 Å². The molecule has 1 saturated carbocycles. The minimum atomic E-state index is 0.117. The van der Waals surface area contributed by atoms with Crippen LogP contribution in [0.2, 0.25) is 0 Å². The zero-order chi connectivity index (χ0) is 15.5. The Bertz CT molecular complexity index is 610. The van der Waals surface area contributed by atoms with Gasteiger partial charge in [-0.05, 0) is 61.9 Å². The average Bonchev–Trinajstić information content (AvgIpc) is 3.09. The van der Waals surface area contributed by atoms with Crippen LogP contribution >= 0.6 is 0 Å². The Balaban J connectivity index is 1.69. The van der Waals surface area contributed by atoms with Crippen LogP contribution in [0.3, 0.4) is 0 Å². The van der Waals surface area contributed by atoms with Gasteiger partial charge in [0.1, 0.15) is 0 Å². The van der Waals surface area contributed by atoms with Crippen molar-refractivity contribution in [3.63, 3.8) is 0 Å². The highest BCUT2D eigenvalue weighted by molar-refractivity contribution is 5.94. The number of hydrogen-bond donors (Lipinski definition) is 0. The fraction of sp³-hybridized carbons (Fsp3) is 0.444. The van der Waals surface area contributed by atoms with E-state index in [-0.39, 0.29) is 5.91 Å². The lowest BCUT2D eigenvalue weighted by Crippen LogP contribution is -2.39. The highest BCUT2D eigenvalue weighted by Crippen LogP contribution is 2.27. The molecule has 0 bridgehead atoms. The maximum absolute atomic E-state index is 12.6. The van der Waals surface area contributed by atoms with Crippen molar-refractivity contribution in [3.8, 4) is 5.69 Å². The predicted molar refractivity (Wildman–Crippen MR) is 87.1 cm³/mol. The zero-order valence-corrected chi connectivity index (χ0v) is 13.3. The third kappa shape index (κ3) is 3.06. The Kier molecular flexibility index (Phi) is 4.27. The summed E-state index contributed by atoms with van der Waals surface area (Å²) in [5.41, 5.74) is 1.72. The smallest absolute Gasteiger partial charge is 0.253 e. The van der Waals surface area contributed by atoms with E-state index in [1.807, 2.05) is 48.5 Å². The van der Waals surface area contributed by atoms with Gasteiger partial charge in [-0.1, -0.05) is 6.92 Å². The molecule has 2 aromatic rings. The van der Waals surface area contributed by atoms with Gasteiger partial charge in [-0.2, -0.15) is 5.10 Å². The van der Waals surface area contributed by atoms with Gasteiger partial charge >= 0.3 is 0 Å². The summed E-state index contributed by atoms with van der Waals surface area (Å²) in [6.45, 7) is 2.30. The Morgan fingerprint density at radius 3 is 2.45 bits per heavy atom. The summed E-state index contributed by atoms with van der Waals surface area (Å²) in [6.07, 6.45) is 8.33. The van der Waals surface area contributed by atoms with E-state index in [9.17, 15) is 4.79 Å². The molecule has 1 aliphatic carbocycles. The van der Waals surface area contributed by atoms with Crippen molar-refractivity contribution >= 4 is 5.91 Å². The molecule has 4 nitrogen and oxygen atoms in total. The number of aromatic nitrogens is 2. The third-order valence-electron chi connectivity index (χ3n) is 4.74. The van der Waals surface area contributed by atoms with E-state index in [2.05, 4.69) is 12.0 Å². The van der Waals surface area contributed by atoms with E-state index >= 15 is 0 Å². The number of carbonyl (C=O) groups is 1. The minimum absolute atomic E-state index is 0.117. The highest BCUT2D eigenvalue weighted by atomic mass is 16.2. The quantitative estimate of drug-likeness (QED) is 0.869. The first-order valence-corrected chi connectivity index (χ1v) is 8.02. The standard InChI is InChI=1S/C18H23N3O/c1-14-4-8-16(9-5-14)20(2)18(22)15-6-10-17(11-7-15)21-13-3-12-19-21/h3,6-7,10-14,16H,4-5,8-9H2,1-2H3. The Morgan fingerprint density at radius 1 is 1.18 bits per heavy atom. The summed E-state index contributed by atoms with van der Waals surface area (Å²) in [6, 6.07) is 9.93. The molecule has 3 rings (SSSR count). The van der Waals surface area contributed by atoms with Crippen LogP contribution in [-0.2, 0) is 0 Å². The van der Waals surface area contributed by atoms with E-state index in [1.54, 1.807) is 10.9 Å². The van der Waals surface area contributed by atoms with Gasteiger partial charge in [-0.25, -0.2) is 4.68 Å². The second-order valence-corrected chi connectivity index (χ2v) is 6.33. The molecule has 1 fully saturated rings. The van der Waals surface area contributed by atoms with Crippen LogP contribution < -0.4 is 0 Å². The van der Waals surface area contributed by atoms with E-state index in [1.165, 1.54) is 12.8 Å². The lowest BCUT2D eigenvalue weighted by atomic mass is 9.86. The molecule has 1 heterocycles. The number of benzene rings is 1. The Hall–Kier alpha value is -2.10. The summed E-state index contributed by atoms with van der Waals surface area (Å²) < 4.78 is 1.79. The van der Waals surface area contributed by atoms with Crippen molar-refractivity contribution in [2.45, 2.75) is 38.6 Å². The van der Waals surface area contributed by atoms with Gasteiger partial charge in [-0.3, -0.25) is 4.79 Å². The average molecular weight is 297 g/mol. The van der Waals surface area contributed by atoms with Gasteiger partial charge in [0.25, 0.3) is 5.91 Å². The van der Waals surface area contributed by atoms with Gasteiger partial charge in [0.05, 0.1) is 5.69 Å². The normalized spacial score (nSPS) is 21.5. The first-order valence-electron chi connectivity index (χ1n) is 8.02. The van der Waals surface area contributed by atoms with Crippen LogP contribution in [0.15, 0.2) is 42.7 Å². The number of amides is 1. The number of nitrogens with zero attached hydrogens (tertiary/aromatic N) is 3. The molecule has 0 atom stereocenters. The molecule has 0 aliphatic heterocycles. The molecule has 0 saturated heterocycles. The molecule has 0 unspecified atom stereocenters. The molecule has 22 heavy (non-hydrogen) atoms. The summed E-state index contributed by atoms with van der Waals surface area (Å²) >= 11 is 0. The number of hydrogen-bond acceptors (Lipinski definition) is 2. The summed E-state index contributed by atoms with van der Waals surface area (Å²) in [7, 11) is 1.93. The fourth-order valence-electron chi connectivity index (χ4n) is 3.18. The van der Waals surface area contributed by atoms with Crippen molar-refractivity contribution in [2.24, 2.45) is 5.92 Å². The predicted octanol–water partition coefficient (Wildman–Crippen LogP) is 3.52. The molecule has 116 valence electrons. The Morgan fingerprint density at radius 2 is 1.86 bits per heavy atom. The summed E-state index contributed by atoms with van der Waals surface area (Å²) in [4.78, 5) is 14.6. The topological polar surface area (TPSA) is 38.1 Å². The molecule has 1 aromatic heterocycles. The van der Waals surface area contributed by atoms with E-state index in [4.69, 9.17) is 0 Å². The van der Waals surface area contributed by atoms with Gasteiger partial charge < -0.3 is 4.90 Å². The summed E-state index contributed by atoms with van der Waals surface area (Å²) in [5, 5.41) is 4.20. The SMILES string of the molecule is CC1CCC(N(C)C(=O)c2ccc(-n3cccn3)cc2)CC1. The molecule has 4 heteroatoms. The second-order valence-electron chi connectivity index (χ2n) is 6.33. The molecule has 1 aliphatic rings. The van der Waals surface area contributed by atoms with Gasteiger partial charge in [-0.15, -0.1) is 0 Å². The molecule has 0 radical (unpaired) electrons. The van der Waals surface area contributed by atoms with Crippen LogP contribution in [-0.4, -0.2) is 33.7 Å². The van der Waals surface area contributed by atoms with Crippen molar-refractivity contribution in [1.29, 1.82) is 0 Å². The van der Waals surface area contributed by atoms with Gasteiger partial charge in [0.2, 0.25) is 0 Å². The third-order valence-corrected chi connectivity index (χ3v) is 4.74. The van der Waals surface area contributed by atoms with Crippen LogP contribution in [0.1, 0.15) is 43.0 Å². The maximum atomic E-state index is 12.6. The van der Waals surface area contributed by atoms with Crippen molar-refractivity contribution in [1.82, 2.24) is 14.7 Å². The first kappa shape index (κ1) is 14.8. The number of carbonyl (C=O) groups excluding carboxylic acids is 1. The van der Waals surface area contributed by atoms with E-state index in [0.29, 0.717) is 6.04 Å². The van der Waals surface area contributed by atoms with Gasteiger partial charge in [0, 0.05) is 31.0 Å². The van der Waals surface area contributed by atoms with Crippen LogP contribution in [0.4, 0.5) is 0 Å². The Labute approximate surface area is 131 Å². The zero-order valence-electron chi connectivity index (χ0n) is 13.3. The largest absolute Gasteiger partial charge is 0.339 e. The molecule has 1 aromatic carbocycles. The van der Waals surface area contributed by atoms with Gasteiger partial charge in [0.15, 0.2) is 0 Å². The molecular weight excluding hydrogens is 274 g/mol. The lowest BCUT2D eigenvalue weighted by molar-refractivity contribution is 0.0679. The molecule has 1 amide bonds. The molecular formula is C18H23N3O.